The Labute approximate surface area is 88.7 Å². The van der Waals surface area contributed by atoms with Crippen LogP contribution < -0.4 is 0 Å². The minimum Gasteiger partial charge on any atom is -0.480 e. The summed E-state index contributed by atoms with van der Waals surface area (Å²) in [6.45, 7) is 5.32. The lowest BCUT2D eigenvalue weighted by Crippen LogP contribution is -2.45. The van der Waals surface area contributed by atoms with Crippen molar-refractivity contribution in [2.75, 3.05) is 6.54 Å². The van der Waals surface area contributed by atoms with E-state index >= 15 is 0 Å². The molecule has 1 rings (SSSR count). The van der Waals surface area contributed by atoms with E-state index in [1.807, 2.05) is 0 Å². The molecule has 1 fully saturated rings. The monoisotopic (exact) mass is 215 g/mol. The summed E-state index contributed by atoms with van der Waals surface area (Å²) in [6.07, 6.45) is -0.602. The Balaban J connectivity index is 2.85. The van der Waals surface area contributed by atoms with Crippen LogP contribution in [0.2, 0.25) is 0 Å². The molecule has 1 aliphatic heterocycles. The van der Waals surface area contributed by atoms with Gasteiger partial charge in [-0.1, -0.05) is 20.8 Å². The average molecular weight is 215 g/mol. The molecule has 1 heterocycles. The number of carbonyl (C=O) groups excluding carboxylic acids is 1. The summed E-state index contributed by atoms with van der Waals surface area (Å²) in [6, 6.07) is -0.883. The third kappa shape index (κ3) is 2.47. The zero-order valence-electron chi connectivity index (χ0n) is 9.23. The number of carboxylic acid groups (broad SMARTS) is 1. The Bertz CT molecular complexity index is 282. The van der Waals surface area contributed by atoms with Crippen LogP contribution in [0.3, 0.4) is 0 Å². The van der Waals surface area contributed by atoms with Gasteiger partial charge in [0.25, 0.3) is 0 Å². The molecule has 0 radical (unpaired) electrons. The van der Waals surface area contributed by atoms with Crippen molar-refractivity contribution in [3.05, 3.63) is 0 Å². The summed E-state index contributed by atoms with van der Waals surface area (Å²) in [7, 11) is 0. The van der Waals surface area contributed by atoms with E-state index in [2.05, 4.69) is 0 Å². The van der Waals surface area contributed by atoms with Crippen molar-refractivity contribution >= 4 is 11.9 Å². The summed E-state index contributed by atoms with van der Waals surface area (Å²) in [4.78, 5) is 24.0. The first kappa shape index (κ1) is 12.0. The zero-order chi connectivity index (χ0) is 11.8. The van der Waals surface area contributed by atoms with Gasteiger partial charge in [0.1, 0.15) is 6.04 Å². The van der Waals surface area contributed by atoms with E-state index in [1.54, 1.807) is 20.8 Å². The summed E-state index contributed by atoms with van der Waals surface area (Å²) in [5.41, 5.74) is -0.613. The van der Waals surface area contributed by atoms with Crippen molar-refractivity contribution in [2.45, 2.75) is 39.3 Å². The lowest BCUT2D eigenvalue weighted by Gasteiger charge is -2.28. The number of nitrogens with zero attached hydrogens (tertiary/aromatic N) is 1. The molecule has 5 nitrogen and oxygen atoms in total. The van der Waals surface area contributed by atoms with Gasteiger partial charge in [0.2, 0.25) is 5.91 Å². The third-order valence-electron chi connectivity index (χ3n) is 2.47. The molecule has 0 aromatic carbocycles. The van der Waals surface area contributed by atoms with Crippen LogP contribution in [-0.2, 0) is 9.59 Å². The van der Waals surface area contributed by atoms with Crippen molar-refractivity contribution in [1.82, 2.24) is 4.90 Å². The number of hydrogen-bond donors (Lipinski definition) is 2. The maximum Gasteiger partial charge on any atom is 0.326 e. The van der Waals surface area contributed by atoms with Gasteiger partial charge in [-0.05, 0) is 0 Å². The van der Waals surface area contributed by atoms with Crippen LogP contribution in [0, 0.1) is 5.41 Å². The molecule has 1 aliphatic rings. The highest BCUT2D eigenvalue weighted by molar-refractivity contribution is 5.87. The van der Waals surface area contributed by atoms with Gasteiger partial charge in [-0.25, -0.2) is 4.79 Å². The molecule has 86 valence electrons. The molecular formula is C10H17NO4. The fourth-order valence-corrected chi connectivity index (χ4v) is 1.70. The van der Waals surface area contributed by atoms with Crippen LogP contribution in [-0.4, -0.2) is 45.7 Å². The lowest BCUT2D eigenvalue weighted by atomic mass is 9.94. The van der Waals surface area contributed by atoms with Gasteiger partial charge < -0.3 is 15.1 Å². The van der Waals surface area contributed by atoms with Gasteiger partial charge in [0, 0.05) is 18.4 Å². The third-order valence-corrected chi connectivity index (χ3v) is 2.47. The van der Waals surface area contributed by atoms with Crippen molar-refractivity contribution in [3.8, 4) is 0 Å². The molecule has 0 aliphatic carbocycles. The topological polar surface area (TPSA) is 77.8 Å². The fourth-order valence-electron chi connectivity index (χ4n) is 1.70. The predicted octanol–water partition coefficient (Wildman–Crippen LogP) is 0.0789. The van der Waals surface area contributed by atoms with Crippen molar-refractivity contribution in [3.63, 3.8) is 0 Å². The van der Waals surface area contributed by atoms with Crippen molar-refractivity contribution < 1.29 is 19.8 Å². The minimum absolute atomic E-state index is 0.118. The standard InChI is InChI=1S/C10H17NO4/c1-10(2,3)9(15)11-5-6(12)4-7(11)8(13)14/h6-7,12H,4-5H2,1-3H3,(H,13,14)/t6-,7+/m1/s1. The number of carbonyl (C=O) groups is 2. The van der Waals surface area contributed by atoms with Gasteiger partial charge >= 0.3 is 5.97 Å². The Morgan fingerprint density at radius 3 is 2.27 bits per heavy atom. The van der Waals surface area contributed by atoms with Gasteiger partial charge in [0.05, 0.1) is 6.10 Å². The largest absolute Gasteiger partial charge is 0.480 e. The molecule has 0 unspecified atom stereocenters. The highest BCUT2D eigenvalue weighted by Crippen LogP contribution is 2.25. The molecule has 0 aromatic rings. The highest BCUT2D eigenvalue weighted by atomic mass is 16.4. The van der Waals surface area contributed by atoms with E-state index < -0.39 is 23.5 Å². The number of aliphatic hydroxyl groups excluding tert-OH is 1. The summed E-state index contributed by atoms with van der Waals surface area (Å²) in [5.74, 6) is -1.28. The molecule has 2 N–H and O–H groups in total. The second kappa shape index (κ2) is 3.81. The second-order valence-corrected chi connectivity index (χ2v) is 4.95. The Kier molecular flexibility index (Phi) is 3.04. The van der Waals surface area contributed by atoms with E-state index in [0.29, 0.717) is 0 Å². The van der Waals surface area contributed by atoms with E-state index in [0.717, 1.165) is 0 Å². The Morgan fingerprint density at radius 1 is 1.33 bits per heavy atom. The molecule has 0 bridgehead atoms. The molecule has 0 spiro atoms. The first-order valence-corrected chi connectivity index (χ1v) is 4.95. The lowest BCUT2D eigenvalue weighted by molar-refractivity contribution is -0.151. The number of likely N-dealkylation sites (tertiary alicyclic amines) is 1. The molecule has 2 atom stereocenters. The molecule has 5 heteroatoms. The highest BCUT2D eigenvalue weighted by Gasteiger charge is 2.42. The van der Waals surface area contributed by atoms with Gasteiger partial charge in [-0.3, -0.25) is 4.79 Å². The molecule has 1 amide bonds. The van der Waals surface area contributed by atoms with Crippen LogP contribution in [0.5, 0.6) is 0 Å². The predicted molar refractivity (Wildman–Crippen MR) is 53.2 cm³/mol. The van der Waals surface area contributed by atoms with Gasteiger partial charge in [-0.15, -0.1) is 0 Å². The Morgan fingerprint density at radius 2 is 1.87 bits per heavy atom. The first-order chi connectivity index (χ1) is 6.73. The molecule has 0 aromatic heterocycles. The van der Waals surface area contributed by atoms with E-state index in [-0.39, 0.29) is 18.9 Å². The maximum atomic E-state index is 11.9. The van der Waals surface area contributed by atoms with Crippen LogP contribution in [0.15, 0.2) is 0 Å². The number of rotatable bonds is 1. The van der Waals surface area contributed by atoms with E-state index in [1.165, 1.54) is 4.90 Å². The molecule has 1 saturated heterocycles. The van der Waals surface area contributed by atoms with Crippen LogP contribution in [0.1, 0.15) is 27.2 Å². The zero-order valence-corrected chi connectivity index (χ0v) is 9.23. The van der Waals surface area contributed by atoms with Crippen molar-refractivity contribution in [2.24, 2.45) is 5.41 Å². The van der Waals surface area contributed by atoms with Crippen molar-refractivity contribution in [1.29, 1.82) is 0 Å². The SMILES string of the molecule is CC(C)(C)C(=O)N1C[C@H](O)C[C@H]1C(=O)O. The Hall–Kier alpha value is -1.10. The number of amides is 1. The number of aliphatic hydroxyl groups is 1. The van der Waals surface area contributed by atoms with Gasteiger partial charge in [0.15, 0.2) is 0 Å². The van der Waals surface area contributed by atoms with Crippen LogP contribution in [0.4, 0.5) is 0 Å². The smallest absolute Gasteiger partial charge is 0.326 e. The number of β-amino-alcohol motifs (C(OH)–C–C–N with tert-alkyl or cyclic N) is 1. The summed E-state index contributed by atoms with van der Waals surface area (Å²) in [5, 5.41) is 18.3. The number of hydrogen-bond acceptors (Lipinski definition) is 3. The molecular weight excluding hydrogens is 198 g/mol. The van der Waals surface area contributed by atoms with E-state index in [4.69, 9.17) is 5.11 Å². The summed E-state index contributed by atoms with van der Waals surface area (Å²) >= 11 is 0. The van der Waals surface area contributed by atoms with E-state index in [9.17, 15) is 14.7 Å². The van der Waals surface area contributed by atoms with Crippen LogP contribution in [0.25, 0.3) is 0 Å². The summed E-state index contributed by atoms with van der Waals surface area (Å²) < 4.78 is 0. The minimum atomic E-state index is -1.05. The number of aliphatic carboxylic acids is 1. The quantitative estimate of drug-likeness (QED) is 0.649. The average Bonchev–Trinajstić information content (AvgIpc) is 2.44. The molecule has 0 saturated carbocycles. The second-order valence-electron chi connectivity index (χ2n) is 4.95. The van der Waals surface area contributed by atoms with Gasteiger partial charge in [-0.2, -0.15) is 0 Å². The fraction of sp³-hybridized carbons (Fsp3) is 0.800. The molecule has 15 heavy (non-hydrogen) atoms. The maximum absolute atomic E-state index is 11.9. The van der Waals surface area contributed by atoms with Crippen LogP contribution >= 0.6 is 0 Å². The first-order valence-electron chi connectivity index (χ1n) is 4.95. The normalized spacial score (nSPS) is 26.8. The number of carboxylic acids is 1.